The Labute approximate surface area is 161 Å². The Kier molecular flexibility index (Phi) is 7.47. The number of benzene rings is 1. The van der Waals surface area contributed by atoms with E-state index in [1.807, 2.05) is 45.0 Å². The Morgan fingerprint density at radius 3 is 2.58 bits per heavy atom. The Morgan fingerprint density at radius 1 is 1.15 bits per heavy atom. The van der Waals surface area contributed by atoms with Crippen LogP contribution in [0.25, 0.3) is 0 Å². The van der Waals surface area contributed by atoms with Crippen LogP contribution in [0, 0.1) is 6.92 Å². The molecule has 0 atom stereocenters. The van der Waals surface area contributed by atoms with Crippen LogP contribution in [0.1, 0.15) is 31.3 Å². The number of aromatic nitrogens is 2. The van der Waals surface area contributed by atoms with Gasteiger partial charge in [0.1, 0.15) is 10.9 Å². The van der Waals surface area contributed by atoms with Crippen LogP contribution < -0.4 is 11.1 Å². The summed E-state index contributed by atoms with van der Waals surface area (Å²) in [6.07, 6.45) is 0. The molecule has 2 aromatic rings. The second kappa shape index (κ2) is 9.59. The van der Waals surface area contributed by atoms with Gasteiger partial charge in [-0.2, -0.15) is 0 Å². The molecule has 138 valence electrons. The fourth-order valence-corrected chi connectivity index (χ4v) is 3.57. The number of carbonyl (C=O) groups is 2. The van der Waals surface area contributed by atoms with Crippen LogP contribution in [0.2, 0.25) is 0 Å². The zero-order valence-electron chi connectivity index (χ0n) is 15.0. The van der Waals surface area contributed by atoms with Crippen LogP contribution in [0.4, 0.5) is 5.69 Å². The monoisotopic (exact) mass is 390 g/mol. The minimum atomic E-state index is -0.397. The molecule has 2 rings (SSSR count). The smallest absolute Gasteiger partial charge is 0.234 e. The van der Waals surface area contributed by atoms with Crippen molar-refractivity contribution in [3.63, 3.8) is 0 Å². The highest BCUT2D eigenvalue weighted by atomic mass is 32.2. The lowest BCUT2D eigenvalue weighted by atomic mass is 10.2. The summed E-state index contributed by atoms with van der Waals surface area (Å²) >= 11 is 2.68. The van der Waals surface area contributed by atoms with Crippen molar-refractivity contribution in [1.82, 2.24) is 9.97 Å². The molecule has 26 heavy (non-hydrogen) atoms. The molecule has 0 radical (unpaired) electrons. The number of nitrogens with two attached hydrogens (primary N) is 1. The van der Waals surface area contributed by atoms with E-state index in [-0.39, 0.29) is 23.3 Å². The molecule has 0 unspecified atom stereocenters. The maximum absolute atomic E-state index is 12.3. The number of aryl methyl sites for hydroxylation is 1. The van der Waals surface area contributed by atoms with E-state index in [4.69, 9.17) is 5.73 Å². The molecular formula is C18H22N4O2S2. The molecule has 1 heterocycles. The third-order valence-electron chi connectivity index (χ3n) is 3.25. The molecule has 0 aliphatic rings. The molecule has 0 spiro atoms. The molecule has 0 fully saturated rings. The number of hydrogen-bond donors (Lipinski definition) is 2. The van der Waals surface area contributed by atoms with Crippen molar-refractivity contribution < 1.29 is 9.59 Å². The van der Waals surface area contributed by atoms with E-state index in [1.54, 1.807) is 6.07 Å². The van der Waals surface area contributed by atoms with Gasteiger partial charge in [-0.3, -0.25) is 9.59 Å². The predicted octanol–water partition coefficient (Wildman–Crippen LogP) is 3.22. The number of nitrogens with zero attached hydrogens (tertiary/aromatic N) is 2. The molecule has 0 saturated carbocycles. The first-order valence-corrected chi connectivity index (χ1v) is 10.1. The molecule has 1 aromatic heterocycles. The summed E-state index contributed by atoms with van der Waals surface area (Å²) in [6.45, 7) is 6.00. The largest absolute Gasteiger partial charge is 0.369 e. The lowest BCUT2D eigenvalue weighted by Crippen LogP contribution is -2.16. The summed E-state index contributed by atoms with van der Waals surface area (Å²) in [5.74, 6) is 0.887. The van der Waals surface area contributed by atoms with E-state index < -0.39 is 5.91 Å². The van der Waals surface area contributed by atoms with Crippen LogP contribution in [-0.2, 0) is 9.59 Å². The fraction of sp³-hybridized carbons (Fsp3) is 0.333. The molecule has 2 amide bonds. The fourth-order valence-electron chi connectivity index (χ4n) is 2.06. The van der Waals surface area contributed by atoms with E-state index in [0.29, 0.717) is 5.69 Å². The summed E-state index contributed by atoms with van der Waals surface area (Å²) < 4.78 is 0. The van der Waals surface area contributed by atoms with Gasteiger partial charge in [-0.15, -0.1) is 11.8 Å². The maximum atomic E-state index is 12.3. The third-order valence-corrected chi connectivity index (χ3v) is 5.25. The van der Waals surface area contributed by atoms with Crippen molar-refractivity contribution in [3.05, 3.63) is 41.9 Å². The Balaban J connectivity index is 1.98. The van der Waals surface area contributed by atoms with E-state index in [9.17, 15) is 9.59 Å². The molecule has 0 aliphatic heterocycles. The number of carbonyl (C=O) groups excluding carboxylic acids is 2. The summed E-state index contributed by atoms with van der Waals surface area (Å²) in [5, 5.41) is 3.67. The number of para-hydroxylation sites is 1. The van der Waals surface area contributed by atoms with Gasteiger partial charge in [0.15, 0.2) is 0 Å². The van der Waals surface area contributed by atoms with Gasteiger partial charge in [-0.1, -0.05) is 37.7 Å². The number of hydrogen-bond acceptors (Lipinski definition) is 6. The number of primary amides is 1. The molecule has 8 heteroatoms. The number of rotatable bonds is 8. The van der Waals surface area contributed by atoms with Gasteiger partial charge in [0.2, 0.25) is 11.8 Å². The van der Waals surface area contributed by atoms with Gasteiger partial charge in [0.25, 0.3) is 0 Å². The summed E-state index contributed by atoms with van der Waals surface area (Å²) in [5.41, 5.74) is 6.75. The molecule has 0 saturated heterocycles. The van der Waals surface area contributed by atoms with Gasteiger partial charge in [0.05, 0.1) is 17.2 Å². The zero-order valence-corrected chi connectivity index (χ0v) is 16.6. The first kappa shape index (κ1) is 20.3. The normalized spacial score (nSPS) is 10.8. The van der Waals surface area contributed by atoms with E-state index >= 15 is 0 Å². The first-order valence-electron chi connectivity index (χ1n) is 8.13. The van der Waals surface area contributed by atoms with Gasteiger partial charge >= 0.3 is 0 Å². The molecular weight excluding hydrogens is 368 g/mol. The van der Waals surface area contributed by atoms with Crippen molar-refractivity contribution in [2.45, 2.75) is 36.6 Å². The summed E-state index contributed by atoms with van der Waals surface area (Å²) in [4.78, 5) is 33.0. The second-order valence-electron chi connectivity index (χ2n) is 5.95. The minimum absolute atomic E-state index is 0.135. The molecule has 1 aromatic carbocycles. The van der Waals surface area contributed by atoms with Gasteiger partial charge in [-0.05, 0) is 25.1 Å². The predicted molar refractivity (Wildman–Crippen MR) is 107 cm³/mol. The quantitative estimate of drug-likeness (QED) is 0.530. The SMILES string of the molecule is Cc1cc(SCC(=O)Nc2ccccc2SCC(N)=O)nc(C(C)C)n1. The Morgan fingerprint density at radius 2 is 1.88 bits per heavy atom. The van der Waals surface area contributed by atoms with Crippen LogP contribution in [0.5, 0.6) is 0 Å². The lowest BCUT2D eigenvalue weighted by molar-refractivity contribution is -0.115. The van der Waals surface area contributed by atoms with Crippen LogP contribution in [0.3, 0.4) is 0 Å². The standard InChI is InChI=1S/C18H22N4O2S2/c1-11(2)18-20-12(3)8-17(22-18)26-10-16(24)21-13-6-4-5-7-14(13)25-9-15(19)23/h4-8,11H,9-10H2,1-3H3,(H2,19,23)(H,21,24). The van der Waals surface area contributed by atoms with E-state index in [2.05, 4.69) is 15.3 Å². The van der Waals surface area contributed by atoms with Crippen LogP contribution in [-0.4, -0.2) is 33.3 Å². The zero-order chi connectivity index (χ0) is 19.1. The third kappa shape index (κ3) is 6.34. The number of anilines is 1. The topological polar surface area (TPSA) is 98.0 Å². The Bertz CT molecular complexity index is 797. The minimum Gasteiger partial charge on any atom is -0.369 e. The number of amides is 2. The highest BCUT2D eigenvalue weighted by molar-refractivity contribution is 8.00. The first-order chi connectivity index (χ1) is 12.3. The average molecular weight is 391 g/mol. The van der Waals surface area contributed by atoms with Gasteiger partial charge in [0, 0.05) is 16.5 Å². The van der Waals surface area contributed by atoms with Crippen molar-refractivity contribution in [3.8, 4) is 0 Å². The van der Waals surface area contributed by atoms with E-state index in [1.165, 1.54) is 23.5 Å². The molecule has 3 N–H and O–H groups in total. The second-order valence-corrected chi connectivity index (χ2v) is 7.96. The molecule has 6 nitrogen and oxygen atoms in total. The average Bonchev–Trinajstić information content (AvgIpc) is 2.58. The highest BCUT2D eigenvalue weighted by Gasteiger charge is 2.11. The van der Waals surface area contributed by atoms with Crippen LogP contribution in [0.15, 0.2) is 40.3 Å². The van der Waals surface area contributed by atoms with Crippen molar-refractivity contribution in [1.29, 1.82) is 0 Å². The Hall–Kier alpha value is -2.06. The lowest BCUT2D eigenvalue weighted by Gasteiger charge is -2.11. The summed E-state index contributed by atoms with van der Waals surface area (Å²) in [7, 11) is 0. The molecule has 0 bridgehead atoms. The molecule has 0 aliphatic carbocycles. The number of nitrogens with one attached hydrogen (secondary N) is 1. The van der Waals surface area contributed by atoms with Gasteiger partial charge < -0.3 is 11.1 Å². The summed E-state index contributed by atoms with van der Waals surface area (Å²) in [6, 6.07) is 9.21. The van der Waals surface area contributed by atoms with Crippen molar-refractivity contribution in [2.24, 2.45) is 5.73 Å². The highest BCUT2D eigenvalue weighted by Crippen LogP contribution is 2.27. The van der Waals surface area contributed by atoms with Crippen molar-refractivity contribution in [2.75, 3.05) is 16.8 Å². The van der Waals surface area contributed by atoms with Gasteiger partial charge in [-0.25, -0.2) is 9.97 Å². The maximum Gasteiger partial charge on any atom is 0.234 e. The number of thioether (sulfide) groups is 2. The van der Waals surface area contributed by atoms with Crippen molar-refractivity contribution >= 4 is 41.0 Å². The van der Waals surface area contributed by atoms with E-state index in [0.717, 1.165) is 21.4 Å². The van der Waals surface area contributed by atoms with Crippen LogP contribution >= 0.6 is 23.5 Å².